The van der Waals surface area contributed by atoms with Gasteiger partial charge in [0, 0.05) is 31.7 Å². The van der Waals surface area contributed by atoms with E-state index in [-0.39, 0.29) is 17.9 Å². The molecular formula is C16H20N4O3S. The normalized spacial score (nSPS) is 17.6. The average molecular weight is 348 g/mol. The standard InChI is InChI=1S/C16H20N4O3S/c1-19-7-4-6-13(19)12-10-24-15(17-12)18-14(21)11-5-3-8-20(9-11)16(22)23-2/h4,6-7,10-11H,3,5,8-9H2,1-2H3,(H,17,18,21). The molecule has 1 saturated heterocycles. The van der Waals surface area contributed by atoms with Crippen molar-refractivity contribution in [3.63, 3.8) is 0 Å². The van der Waals surface area contributed by atoms with E-state index in [1.165, 1.54) is 18.4 Å². The smallest absolute Gasteiger partial charge is 0.409 e. The van der Waals surface area contributed by atoms with Crippen LogP contribution in [0.2, 0.25) is 0 Å². The van der Waals surface area contributed by atoms with Crippen molar-refractivity contribution in [2.24, 2.45) is 13.0 Å². The van der Waals surface area contributed by atoms with E-state index in [4.69, 9.17) is 4.74 Å². The highest BCUT2D eigenvalue weighted by molar-refractivity contribution is 7.14. The number of ether oxygens (including phenoxy) is 1. The molecule has 0 bridgehead atoms. The van der Waals surface area contributed by atoms with Gasteiger partial charge in [0.2, 0.25) is 5.91 Å². The van der Waals surface area contributed by atoms with Crippen LogP contribution in [-0.4, -0.2) is 46.7 Å². The number of likely N-dealkylation sites (tertiary alicyclic amines) is 1. The molecule has 1 N–H and O–H groups in total. The summed E-state index contributed by atoms with van der Waals surface area (Å²) in [6.07, 6.45) is 3.12. The van der Waals surface area contributed by atoms with E-state index in [0.29, 0.717) is 18.2 Å². The van der Waals surface area contributed by atoms with Crippen LogP contribution in [0.3, 0.4) is 0 Å². The zero-order valence-electron chi connectivity index (χ0n) is 13.7. The van der Waals surface area contributed by atoms with Crippen molar-refractivity contribution < 1.29 is 14.3 Å². The minimum Gasteiger partial charge on any atom is -0.453 e. The third kappa shape index (κ3) is 3.43. The number of piperidine rings is 1. The van der Waals surface area contributed by atoms with Gasteiger partial charge in [0.25, 0.3) is 0 Å². The predicted octanol–water partition coefficient (Wildman–Crippen LogP) is 2.57. The fourth-order valence-corrected chi connectivity index (χ4v) is 3.58. The highest BCUT2D eigenvalue weighted by atomic mass is 32.1. The van der Waals surface area contributed by atoms with Gasteiger partial charge in [0.1, 0.15) is 0 Å². The maximum atomic E-state index is 12.5. The molecule has 0 radical (unpaired) electrons. The number of rotatable bonds is 3. The quantitative estimate of drug-likeness (QED) is 0.925. The first-order chi connectivity index (χ1) is 11.6. The molecular weight excluding hydrogens is 328 g/mol. The van der Waals surface area contributed by atoms with E-state index in [2.05, 4.69) is 10.3 Å². The molecule has 0 saturated carbocycles. The Morgan fingerprint density at radius 3 is 3.00 bits per heavy atom. The van der Waals surface area contributed by atoms with E-state index in [0.717, 1.165) is 24.2 Å². The fraction of sp³-hybridized carbons (Fsp3) is 0.438. The van der Waals surface area contributed by atoms with Crippen molar-refractivity contribution >= 4 is 28.5 Å². The van der Waals surface area contributed by atoms with Crippen LogP contribution in [0.25, 0.3) is 11.4 Å². The second-order valence-corrected chi connectivity index (χ2v) is 6.64. The number of methoxy groups -OCH3 is 1. The lowest BCUT2D eigenvalue weighted by atomic mass is 9.97. The Labute approximate surface area is 144 Å². The van der Waals surface area contributed by atoms with Gasteiger partial charge in [-0.3, -0.25) is 4.79 Å². The molecule has 0 aliphatic carbocycles. The molecule has 1 fully saturated rings. The number of hydrogen-bond donors (Lipinski definition) is 1. The summed E-state index contributed by atoms with van der Waals surface area (Å²) in [5, 5.41) is 5.37. The summed E-state index contributed by atoms with van der Waals surface area (Å²) in [5.41, 5.74) is 1.84. The van der Waals surface area contributed by atoms with Crippen molar-refractivity contribution in [3.05, 3.63) is 23.7 Å². The van der Waals surface area contributed by atoms with Gasteiger partial charge in [-0.2, -0.15) is 0 Å². The van der Waals surface area contributed by atoms with Crippen molar-refractivity contribution in [2.45, 2.75) is 12.8 Å². The van der Waals surface area contributed by atoms with Gasteiger partial charge in [-0.25, -0.2) is 9.78 Å². The molecule has 2 amide bonds. The lowest BCUT2D eigenvalue weighted by Gasteiger charge is -2.30. The van der Waals surface area contributed by atoms with Crippen molar-refractivity contribution in [1.82, 2.24) is 14.5 Å². The van der Waals surface area contributed by atoms with Gasteiger partial charge in [-0.05, 0) is 25.0 Å². The van der Waals surface area contributed by atoms with Crippen LogP contribution in [-0.2, 0) is 16.6 Å². The predicted molar refractivity (Wildman–Crippen MR) is 91.9 cm³/mol. The van der Waals surface area contributed by atoms with Crippen LogP contribution < -0.4 is 5.32 Å². The second kappa shape index (κ2) is 7.04. The lowest BCUT2D eigenvalue weighted by Crippen LogP contribution is -2.43. The highest BCUT2D eigenvalue weighted by Crippen LogP contribution is 2.26. The fourth-order valence-electron chi connectivity index (χ4n) is 2.87. The first kappa shape index (κ1) is 16.5. The Balaban J connectivity index is 1.64. The SMILES string of the molecule is COC(=O)N1CCCC(C(=O)Nc2nc(-c3cccn3C)cs2)C1. The molecule has 1 atom stereocenters. The average Bonchev–Trinajstić information content (AvgIpc) is 3.22. The monoisotopic (exact) mass is 348 g/mol. The second-order valence-electron chi connectivity index (χ2n) is 5.79. The van der Waals surface area contributed by atoms with Crippen LogP contribution >= 0.6 is 11.3 Å². The summed E-state index contributed by atoms with van der Waals surface area (Å²) < 4.78 is 6.72. The first-order valence-electron chi connectivity index (χ1n) is 7.79. The first-order valence-corrected chi connectivity index (χ1v) is 8.67. The zero-order chi connectivity index (χ0) is 17.1. The Hall–Kier alpha value is -2.35. The molecule has 8 heteroatoms. The third-order valence-corrected chi connectivity index (χ3v) is 4.92. The topological polar surface area (TPSA) is 76.5 Å². The summed E-state index contributed by atoms with van der Waals surface area (Å²) >= 11 is 1.40. The number of amides is 2. The molecule has 0 aromatic carbocycles. The van der Waals surface area contributed by atoms with Crippen molar-refractivity contribution in [1.29, 1.82) is 0 Å². The third-order valence-electron chi connectivity index (χ3n) is 4.17. The summed E-state index contributed by atoms with van der Waals surface area (Å²) in [6, 6.07) is 3.94. The number of aromatic nitrogens is 2. The number of nitrogens with zero attached hydrogens (tertiary/aromatic N) is 3. The van der Waals surface area contributed by atoms with Gasteiger partial charge in [-0.15, -0.1) is 11.3 Å². The number of carbonyl (C=O) groups is 2. The van der Waals surface area contributed by atoms with E-state index in [1.54, 1.807) is 4.90 Å². The number of anilines is 1. The van der Waals surface area contributed by atoms with Crippen LogP contribution in [0.5, 0.6) is 0 Å². The molecule has 128 valence electrons. The van der Waals surface area contributed by atoms with E-state index in [1.807, 2.05) is 35.3 Å². The van der Waals surface area contributed by atoms with Crippen molar-refractivity contribution in [2.75, 3.05) is 25.5 Å². The van der Waals surface area contributed by atoms with Gasteiger partial charge in [0.15, 0.2) is 5.13 Å². The molecule has 1 unspecified atom stereocenters. The van der Waals surface area contributed by atoms with E-state index < -0.39 is 0 Å². The maximum absolute atomic E-state index is 12.5. The van der Waals surface area contributed by atoms with Gasteiger partial charge < -0.3 is 19.5 Å². The number of hydrogen-bond acceptors (Lipinski definition) is 5. The molecule has 0 spiro atoms. The number of carbonyl (C=O) groups excluding carboxylic acids is 2. The Kier molecular flexibility index (Phi) is 4.84. The molecule has 3 rings (SSSR count). The van der Waals surface area contributed by atoms with Crippen LogP contribution in [0.15, 0.2) is 23.7 Å². The molecule has 2 aromatic heterocycles. The highest BCUT2D eigenvalue weighted by Gasteiger charge is 2.29. The van der Waals surface area contributed by atoms with Crippen LogP contribution in [0.1, 0.15) is 12.8 Å². The number of aryl methyl sites for hydroxylation is 1. The summed E-state index contributed by atoms with van der Waals surface area (Å²) in [6.45, 7) is 1.01. The van der Waals surface area contributed by atoms with Crippen molar-refractivity contribution in [3.8, 4) is 11.4 Å². The Bertz CT molecular complexity index is 739. The Morgan fingerprint density at radius 1 is 1.46 bits per heavy atom. The van der Waals surface area contributed by atoms with E-state index >= 15 is 0 Å². The Morgan fingerprint density at radius 2 is 2.29 bits per heavy atom. The van der Waals surface area contributed by atoms with Gasteiger partial charge >= 0.3 is 6.09 Å². The zero-order valence-corrected chi connectivity index (χ0v) is 14.5. The number of thiazole rings is 1. The minimum absolute atomic E-state index is 0.101. The summed E-state index contributed by atoms with van der Waals surface area (Å²) in [5.74, 6) is -0.336. The van der Waals surface area contributed by atoms with Crippen LogP contribution in [0, 0.1) is 5.92 Å². The van der Waals surface area contributed by atoms with Gasteiger partial charge in [0.05, 0.1) is 24.4 Å². The molecule has 7 nitrogen and oxygen atoms in total. The number of nitrogens with one attached hydrogen (secondary N) is 1. The lowest BCUT2D eigenvalue weighted by molar-refractivity contribution is -0.121. The largest absolute Gasteiger partial charge is 0.453 e. The molecule has 3 heterocycles. The van der Waals surface area contributed by atoms with Gasteiger partial charge in [-0.1, -0.05) is 0 Å². The van der Waals surface area contributed by atoms with E-state index in [9.17, 15) is 9.59 Å². The summed E-state index contributed by atoms with van der Waals surface area (Å²) in [7, 11) is 3.31. The molecule has 24 heavy (non-hydrogen) atoms. The summed E-state index contributed by atoms with van der Waals surface area (Å²) in [4.78, 5) is 30.1. The van der Waals surface area contributed by atoms with Crippen LogP contribution in [0.4, 0.5) is 9.93 Å². The molecule has 2 aromatic rings. The molecule has 1 aliphatic rings. The molecule has 1 aliphatic heterocycles. The maximum Gasteiger partial charge on any atom is 0.409 e. The minimum atomic E-state index is -0.382.